The van der Waals surface area contributed by atoms with Gasteiger partial charge in [-0.05, 0) is 24.9 Å². The molecule has 0 aromatic heterocycles. The highest BCUT2D eigenvalue weighted by atomic mass is 16.4. The average molecular weight is 247 g/mol. The van der Waals surface area contributed by atoms with Crippen molar-refractivity contribution < 1.29 is 9.90 Å². The number of benzene rings is 1. The van der Waals surface area contributed by atoms with E-state index in [1.807, 2.05) is 0 Å². The summed E-state index contributed by atoms with van der Waals surface area (Å²) >= 11 is 0. The predicted octanol–water partition coefficient (Wildman–Crippen LogP) is 2.73. The molecule has 0 spiro atoms. The van der Waals surface area contributed by atoms with Crippen molar-refractivity contribution in [3.8, 4) is 0 Å². The van der Waals surface area contributed by atoms with Gasteiger partial charge in [0.15, 0.2) is 0 Å². The lowest BCUT2D eigenvalue weighted by atomic mass is 9.91. The van der Waals surface area contributed by atoms with Gasteiger partial charge < -0.3 is 10.0 Å². The maximum atomic E-state index is 10.4. The van der Waals surface area contributed by atoms with E-state index < -0.39 is 5.97 Å². The van der Waals surface area contributed by atoms with E-state index in [1.165, 1.54) is 5.56 Å². The summed E-state index contributed by atoms with van der Waals surface area (Å²) in [6, 6.07) is 10.7. The monoisotopic (exact) mass is 247 g/mol. The predicted molar refractivity (Wildman–Crippen MR) is 71.7 cm³/mol. The number of nitrogens with zero attached hydrogens (tertiary/aromatic N) is 1. The second-order valence-corrected chi connectivity index (χ2v) is 5.07. The summed E-state index contributed by atoms with van der Waals surface area (Å²) in [5, 5.41) is 8.53. The van der Waals surface area contributed by atoms with Crippen molar-refractivity contribution in [1.29, 1.82) is 0 Å². The fourth-order valence-corrected chi connectivity index (χ4v) is 2.48. The normalized spacial score (nSPS) is 16.4. The number of hydrogen-bond acceptors (Lipinski definition) is 2. The first-order chi connectivity index (χ1) is 8.75. The minimum atomic E-state index is -0.678. The van der Waals surface area contributed by atoms with Crippen LogP contribution in [0.25, 0.3) is 0 Å². The Morgan fingerprint density at radius 2 is 1.89 bits per heavy atom. The third-order valence-electron chi connectivity index (χ3n) is 3.59. The van der Waals surface area contributed by atoms with Crippen LogP contribution in [-0.4, -0.2) is 35.6 Å². The van der Waals surface area contributed by atoms with Crippen molar-refractivity contribution >= 4 is 5.97 Å². The Morgan fingerprint density at radius 1 is 1.17 bits per heavy atom. The minimum Gasteiger partial charge on any atom is -0.481 e. The molecule has 2 rings (SSSR count). The zero-order valence-corrected chi connectivity index (χ0v) is 10.7. The van der Waals surface area contributed by atoms with Crippen LogP contribution in [0.15, 0.2) is 30.3 Å². The zero-order chi connectivity index (χ0) is 12.8. The highest BCUT2D eigenvalue weighted by Crippen LogP contribution is 2.26. The summed E-state index contributed by atoms with van der Waals surface area (Å²) in [5.74, 6) is 0.0216. The largest absolute Gasteiger partial charge is 0.481 e. The van der Waals surface area contributed by atoms with Gasteiger partial charge in [0.25, 0.3) is 0 Å². The second kappa shape index (κ2) is 6.55. The molecule has 0 atom stereocenters. The lowest BCUT2D eigenvalue weighted by Crippen LogP contribution is -2.45. The molecule has 1 aromatic rings. The highest BCUT2D eigenvalue weighted by Gasteiger charge is 2.26. The van der Waals surface area contributed by atoms with Gasteiger partial charge in [0.2, 0.25) is 0 Å². The van der Waals surface area contributed by atoms with Crippen molar-refractivity contribution in [1.82, 2.24) is 4.90 Å². The van der Waals surface area contributed by atoms with E-state index in [9.17, 15) is 4.79 Å². The molecule has 3 nitrogen and oxygen atoms in total. The molecule has 0 bridgehead atoms. The number of unbranched alkanes of at least 4 members (excludes halogenated alkanes) is 2. The molecule has 1 saturated heterocycles. The van der Waals surface area contributed by atoms with Crippen LogP contribution in [0.3, 0.4) is 0 Å². The van der Waals surface area contributed by atoms with E-state index >= 15 is 0 Å². The van der Waals surface area contributed by atoms with Gasteiger partial charge >= 0.3 is 5.97 Å². The van der Waals surface area contributed by atoms with E-state index in [0.717, 1.165) is 38.9 Å². The SMILES string of the molecule is O=C(O)CCCCCN1CC(c2ccccc2)C1. The Bertz CT molecular complexity index is 371. The molecule has 1 heterocycles. The van der Waals surface area contributed by atoms with Crippen LogP contribution in [0.2, 0.25) is 0 Å². The first-order valence-corrected chi connectivity index (χ1v) is 6.75. The summed E-state index contributed by atoms with van der Waals surface area (Å²) in [6.45, 7) is 3.43. The van der Waals surface area contributed by atoms with Crippen LogP contribution >= 0.6 is 0 Å². The van der Waals surface area contributed by atoms with Crippen LogP contribution < -0.4 is 0 Å². The van der Waals surface area contributed by atoms with Crippen molar-refractivity contribution in [3.63, 3.8) is 0 Å². The fraction of sp³-hybridized carbons (Fsp3) is 0.533. The highest BCUT2D eigenvalue weighted by molar-refractivity contribution is 5.66. The number of hydrogen-bond donors (Lipinski definition) is 1. The van der Waals surface area contributed by atoms with E-state index in [0.29, 0.717) is 12.3 Å². The van der Waals surface area contributed by atoms with E-state index in [2.05, 4.69) is 35.2 Å². The summed E-state index contributed by atoms with van der Waals surface area (Å²) in [7, 11) is 0. The zero-order valence-electron chi connectivity index (χ0n) is 10.7. The van der Waals surface area contributed by atoms with Gasteiger partial charge in [0, 0.05) is 25.4 Å². The second-order valence-electron chi connectivity index (χ2n) is 5.07. The molecule has 0 saturated carbocycles. The quantitative estimate of drug-likeness (QED) is 0.753. The first-order valence-electron chi connectivity index (χ1n) is 6.75. The number of aliphatic carboxylic acids is 1. The van der Waals surface area contributed by atoms with Gasteiger partial charge in [-0.15, -0.1) is 0 Å². The molecule has 1 fully saturated rings. The van der Waals surface area contributed by atoms with Crippen molar-refractivity contribution in [2.45, 2.75) is 31.6 Å². The molecular formula is C15H21NO2. The van der Waals surface area contributed by atoms with Gasteiger partial charge in [-0.2, -0.15) is 0 Å². The third kappa shape index (κ3) is 3.84. The van der Waals surface area contributed by atoms with Gasteiger partial charge in [-0.3, -0.25) is 4.79 Å². The number of carboxylic acids is 1. The number of likely N-dealkylation sites (tertiary alicyclic amines) is 1. The molecule has 18 heavy (non-hydrogen) atoms. The summed E-state index contributed by atoms with van der Waals surface area (Å²) in [4.78, 5) is 12.8. The number of carbonyl (C=O) groups is 1. The Morgan fingerprint density at radius 3 is 2.56 bits per heavy atom. The number of rotatable bonds is 7. The molecule has 0 radical (unpaired) electrons. The van der Waals surface area contributed by atoms with E-state index in [-0.39, 0.29) is 0 Å². The topological polar surface area (TPSA) is 40.5 Å². The smallest absolute Gasteiger partial charge is 0.303 e. The van der Waals surface area contributed by atoms with Gasteiger partial charge in [-0.1, -0.05) is 36.8 Å². The molecule has 1 aliphatic rings. The molecular weight excluding hydrogens is 226 g/mol. The standard InChI is InChI=1S/C15H21NO2/c17-15(18)9-5-2-6-10-16-11-14(12-16)13-7-3-1-4-8-13/h1,3-4,7-8,14H,2,5-6,9-12H2,(H,17,18). The van der Waals surface area contributed by atoms with E-state index in [1.54, 1.807) is 0 Å². The average Bonchev–Trinajstić information content (AvgIpc) is 2.32. The maximum absolute atomic E-state index is 10.4. The first kappa shape index (κ1) is 13.1. The Kier molecular flexibility index (Phi) is 4.76. The third-order valence-corrected chi connectivity index (χ3v) is 3.59. The van der Waals surface area contributed by atoms with Crippen LogP contribution in [0, 0.1) is 0 Å². The summed E-state index contributed by atoms with van der Waals surface area (Å²) in [5.41, 5.74) is 1.44. The lowest BCUT2D eigenvalue weighted by molar-refractivity contribution is -0.137. The number of carboxylic acid groups (broad SMARTS) is 1. The van der Waals surface area contributed by atoms with Gasteiger partial charge in [0.1, 0.15) is 0 Å². The molecule has 0 unspecified atom stereocenters. The van der Waals surface area contributed by atoms with Crippen molar-refractivity contribution in [2.75, 3.05) is 19.6 Å². The Labute approximate surface area is 108 Å². The molecule has 3 heteroatoms. The van der Waals surface area contributed by atoms with Crippen LogP contribution in [-0.2, 0) is 4.79 Å². The maximum Gasteiger partial charge on any atom is 0.303 e. The Balaban J connectivity index is 1.55. The van der Waals surface area contributed by atoms with Crippen LogP contribution in [0.4, 0.5) is 0 Å². The molecule has 0 aliphatic carbocycles. The van der Waals surface area contributed by atoms with Crippen LogP contribution in [0.5, 0.6) is 0 Å². The van der Waals surface area contributed by atoms with Gasteiger partial charge in [0.05, 0.1) is 0 Å². The van der Waals surface area contributed by atoms with Crippen molar-refractivity contribution in [3.05, 3.63) is 35.9 Å². The summed E-state index contributed by atoms with van der Waals surface area (Å²) < 4.78 is 0. The molecule has 1 aromatic carbocycles. The van der Waals surface area contributed by atoms with E-state index in [4.69, 9.17) is 5.11 Å². The van der Waals surface area contributed by atoms with Crippen LogP contribution in [0.1, 0.15) is 37.2 Å². The molecule has 98 valence electrons. The van der Waals surface area contributed by atoms with Gasteiger partial charge in [-0.25, -0.2) is 0 Å². The molecule has 1 N–H and O–H groups in total. The lowest BCUT2D eigenvalue weighted by Gasteiger charge is -2.39. The molecule has 1 aliphatic heterocycles. The molecule has 0 amide bonds. The van der Waals surface area contributed by atoms with Crippen molar-refractivity contribution in [2.24, 2.45) is 0 Å². The minimum absolute atomic E-state index is 0.312. The fourth-order valence-electron chi connectivity index (χ4n) is 2.48. The Hall–Kier alpha value is -1.35. The summed E-state index contributed by atoms with van der Waals surface area (Å²) in [6.07, 6.45) is 3.27.